The van der Waals surface area contributed by atoms with Gasteiger partial charge in [0, 0.05) is 57.1 Å². The van der Waals surface area contributed by atoms with Crippen LogP contribution in [0.25, 0.3) is 0 Å². The maximum atomic E-state index is 13.0. The average Bonchev–Trinajstić information content (AvgIpc) is 3.11. The largest absolute Gasteiger partial charge is 0.337 e. The fourth-order valence-corrected chi connectivity index (χ4v) is 5.13. The fourth-order valence-electron chi connectivity index (χ4n) is 4.24. The highest BCUT2D eigenvalue weighted by atomic mass is 32.1. The van der Waals surface area contributed by atoms with Crippen LogP contribution in [0, 0.1) is 13.8 Å². The number of nitrogens with zero attached hydrogens (tertiary/aromatic N) is 5. The summed E-state index contributed by atoms with van der Waals surface area (Å²) < 4.78 is 0. The average molecular weight is 428 g/mol. The molecule has 0 aromatic carbocycles. The lowest BCUT2D eigenvalue weighted by molar-refractivity contribution is 0.0663. The van der Waals surface area contributed by atoms with Crippen molar-refractivity contribution in [3.05, 3.63) is 45.2 Å². The number of aryl methyl sites for hydroxylation is 2. The number of thiazole rings is 1. The molecule has 0 saturated carbocycles. The summed E-state index contributed by atoms with van der Waals surface area (Å²) >= 11 is 1.47. The second kappa shape index (κ2) is 8.81. The molecular weight excluding hydrogens is 398 g/mol. The molecule has 2 fully saturated rings. The third kappa shape index (κ3) is 4.39. The van der Waals surface area contributed by atoms with E-state index in [9.17, 15) is 9.59 Å². The van der Waals surface area contributed by atoms with Crippen LogP contribution in [-0.4, -0.2) is 82.8 Å². The molecule has 30 heavy (non-hydrogen) atoms. The zero-order valence-corrected chi connectivity index (χ0v) is 18.7. The van der Waals surface area contributed by atoms with Gasteiger partial charge in [0.05, 0.1) is 16.3 Å². The molecule has 0 N–H and O–H groups in total. The van der Waals surface area contributed by atoms with Crippen molar-refractivity contribution in [3.8, 4) is 0 Å². The number of carbonyl (C=O) groups is 2. The van der Waals surface area contributed by atoms with E-state index in [0.29, 0.717) is 12.1 Å². The van der Waals surface area contributed by atoms with Gasteiger partial charge in [-0.2, -0.15) is 0 Å². The molecule has 2 aromatic heterocycles. The summed E-state index contributed by atoms with van der Waals surface area (Å²) in [6.07, 6.45) is 3.66. The van der Waals surface area contributed by atoms with Crippen LogP contribution >= 0.6 is 11.3 Å². The summed E-state index contributed by atoms with van der Waals surface area (Å²) in [6, 6.07) is 3.85. The molecule has 0 bridgehead atoms. The number of hydrogen-bond donors (Lipinski definition) is 0. The molecule has 2 saturated heterocycles. The third-order valence-corrected chi connectivity index (χ3v) is 7.11. The van der Waals surface area contributed by atoms with Crippen LogP contribution in [0.3, 0.4) is 0 Å². The number of hydrogen-bond acceptors (Lipinski definition) is 6. The van der Waals surface area contributed by atoms with Gasteiger partial charge in [-0.15, -0.1) is 11.3 Å². The molecule has 2 amide bonds. The summed E-state index contributed by atoms with van der Waals surface area (Å²) in [7, 11) is 2.08. The molecule has 7 nitrogen and oxygen atoms in total. The lowest BCUT2D eigenvalue weighted by Crippen LogP contribution is -2.47. The summed E-state index contributed by atoms with van der Waals surface area (Å²) in [5, 5.41) is 0.923. The Morgan fingerprint density at radius 2 is 1.80 bits per heavy atom. The standard InChI is InChI=1S/C22H29N5O2S/c1-15-20(30-16(2)24-15)22(29)27-8-4-5-18(14-27)19-7-6-17(13-23-19)21(28)26-11-9-25(3)10-12-26/h6-7,13,18H,4-5,8-12,14H2,1-3H3. The van der Waals surface area contributed by atoms with Gasteiger partial charge in [-0.05, 0) is 45.9 Å². The number of carbonyl (C=O) groups excluding carboxylic acids is 2. The van der Waals surface area contributed by atoms with E-state index in [-0.39, 0.29) is 17.7 Å². The van der Waals surface area contributed by atoms with Crippen molar-refractivity contribution >= 4 is 23.2 Å². The van der Waals surface area contributed by atoms with Gasteiger partial charge in [0.2, 0.25) is 0 Å². The number of pyridine rings is 1. The molecule has 0 aliphatic carbocycles. The fraction of sp³-hybridized carbons (Fsp3) is 0.545. The van der Waals surface area contributed by atoms with E-state index < -0.39 is 0 Å². The summed E-state index contributed by atoms with van der Waals surface area (Å²) in [4.78, 5) is 41.5. The van der Waals surface area contributed by atoms with E-state index in [4.69, 9.17) is 0 Å². The summed E-state index contributed by atoms with van der Waals surface area (Å²) in [5.74, 6) is 0.327. The zero-order valence-electron chi connectivity index (χ0n) is 17.9. The number of amides is 2. The van der Waals surface area contributed by atoms with Gasteiger partial charge in [0.15, 0.2) is 0 Å². The number of piperazine rings is 1. The maximum absolute atomic E-state index is 13.0. The molecular formula is C22H29N5O2S. The van der Waals surface area contributed by atoms with Gasteiger partial charge in [-0.3, -0.25) is 14.6 Å². The number of piperidine rings is 1. The molecule has 1 atom stereocenters. The highest BCUT2D eigenvalue weighted by Crippen LogP contribution is 2.28. The first-order chi connectivity index (χ1) is 14.4. The van der Waals surface area contributed by atoms with E-state index in [2.05, 4.69) is 21.9 Å². The Kier molecular flexibility index (Phi) is 6.15. The molecule has 160 valence electrons. The van der Waals surface area contributed by atoms with Crippen LogP contribution in [0.5, 0.6) is 0 Å². The van der Waals surface area contributed by atoms with Gasteiger partial charge >= 0.3 is 0 Å². The predicted molar refractivity (Wildman–Crippen MR) is 117 cm³/mol. The number of rotatable bonds is 3. The van der Waals surface area contributed by atoms with Gasteiger partial charge < -0.3 is 14.7 Å². The smallest absolute Gasteiger partial charge is 0.265 e. The van der Waals surface area contributed by atoms with Crippen molar-refractivity contribution in [3.63, 3.8) is 0 Å². The molecule has 1 unspecified atom stereocenters. The summed E-state index contributed by atoms with van der Waals surface area (Å²) in [6.45, 7) is 8.59. The van der Waals surface area contributed by atoms with Crippen molar-refractivity contribution in [2.24, 2.45) is 0 Å². The molecule has 8 heteroatoms. The Morgan fingerprint density at radius 3 is 2.43 bits per heavy atom. The molecule has 2 aromatic rings. The Morgan fingerprint density at radius 1 is 1.03 bits per heavy atom. The molecule has 0 spiro atoms. The first kappa shape index (κ1) is 20.9. The van der Waals surface area contributed by atoms with Gasteiger partial charge in [0.1, 0.15) is 4.88 Å². The SMILES string of the molecule is Cc1nc(C)c(C(=O)N2CCCC(c3ccc(C(=O)N4CCN(C)CC4)cn3)C2)s1. The summed E-state index contributed by atoms with van der Waals surface area (Å²) in [5.41, 5.74) is 2.41. The van der Waals surface area contributed by atoms with Crippen molar-refractivity contribution in [1.29, 1.82) is 0 Å². The molecule has 4 heterocycles. The quantitative estimate of drug-likeness (QED) is 0.753. The van der Waals surface area contributed by atoms with Gasteiger partial charge in [-0.25, -0.2) is 4.98 Å². The van der Waals surface area contributed by atoms with Crippen LogP contribution in [0.1, 0.15) is 55.2 Å². The monoisotopic (exact) mass is 427 g/mol. The lowest BCUT2D eigenvalue weighted by atomic mass is 9.93. The normalized spacial score (nSPS) is 20.4. The van der Waals surface area contributed by atoms with E-state index >= 15 is 0 Å². The zero-order chi connectivity index (χ0) is 21.3. The van der Waals surface area contributed by atoms with Crippen molar-refractivity contribution in [2.45, 2.75) is 32.6 Å². The Hall–Kier alpha value is -2.32. The number of aromatic nitrogens is 2. The Bertz CT molecular complexity index is 918. The number of likely N-dealkylation sites (tertiary alicyclic amines) is 1. The van der Waals surface area contributed by atoms with E-state index in [1.165, 1.54) is 11.3 Å². The highest BCUT2D eigenvalue weighted by molar-refractivity contribution is 7.13. The van der Waals surface area contributed by atoms with Crippen molar-refractivity contribution in [1.82, 2.24) is 24.7 Å². The van der Waals surface area contributed by atoms with Crippen molar-refractivity contribution in [2.75, 3.05) is 46.3 Å². The van der Waals surface area contributed by atoms with E-state index in [1.54, 1.807) is 6.20 Å². The van der Waals surface area contributed by atoms with Gasteiger partial charge in [-0.1, -0.05) is 0 Å². The number of likely N-dealkylation sites (N-methyl/N-ethyl adjacent to an activating group) is 1. The Balaban J connectivity index is 1.42. The van der Waals surface area contributed by atoms with Crippen LogP contribution in [0.15, 0.2) is 18.3 Å². The first-order valence-electron chi connectivity index (χ1n) is 10.6. The topological polar surface area (TPSA) is 69.6 Å². The molecule has 2 aliphatic rings. The maximum Gasteiger partial charge on any atom is 0.265 e. The minimum Gasteiger partial charge on any atom is -0.337 e. The van der Waals surface area contributed by atoms with Crippen molar-refractivity contribution < 1.29 is 9.59 Å². The molecule has 0 radical (unpaired) electrons. The Labute approximate surface area is 181 Å². The minimum atomic E-state index is 0.0543. The lowest BCUT2D eigenvalue weighted by Gasteiger charge is -2.33. The van der Waals surface area contributed by atoms with Gasteiger partial charge in [0.25, 0.3) is 11.8 Å². The van der Waals surface area contributed by atoms with Crippen LogP contribution < -0.4 is 0 Å². The highest BCUT2D eigenvalue weighted by Gasteiger charge is 2.28. The third-order valence-electron chi connectivity index (χ3n) is 6.05. The van der Waals surface area contributed by atoms with E-state index in [0.717, 1.165) is 66.8 Å². The second-order valence-electron chi connectivity index (χ2n) is 8.30. The van der Waals surface area contributed by atoms with Crippen LogP contribution in [-0.2, 0) is 0 Å². The molecule has 2 aliphatic heterocycles. The van der Waals surface area contributed by atoms with E-state index in [1.807, 2.05) is 35.8 Å². The minimum absolute atomic E-state index is 0.0543. The predicted octanol–water partition coefficient (Wildman–Crippen LogP) is 2.56. The first-order valence-corrected chi connectivity index (χ1v) is 11.4. The van der Waals surface area contributed by atoms with Crippen LogP contribution in [0.4, 0.5) is 0 Å². The second-order valence-corrected chi connectivity index (χ2v) is 9.51. The molecule has 4 rings (SSSR count). The van der Waals surface area contributed by atoms with Crippen LogP contribution in [0.2, 0.25) is 0 Å².